The van der Waals surface area contributed by atoms with Gasteiger partial charge in [0.05, 0.1) is 18.6 Å². The van der Waals surface area contributed by atoms with Crippen LogP contribution in [0.5, 0.6) is 0 Å². The molecular weight excluding hydrogens is 269 g/mol. The molecule has 0 radical (unpaired) electrons. The maximum absolute atomic E-state index is 13.8. The van der Waals surface area contributed by atoms with Crippen molar-refractivity contribution in [2.45, 2.75) is 6.42 Å². The minimum Gasteiger partial charge on any atom is -0.481 e. The van der Waals surface area contributed by atoms with Gasteiger partial charge in [0.25, 0.3) is 0 Å². The second-order valence-corrected chi connectivity index (χ2v) is 4.40. The number of ether oxygens (including phenoxy) is 1. The molecule has 1 aliphatic heterocycles. The molecule has 1 amide bonds. The van der Waals surface area contributed by atoms with Gasteiger partial charge in [0.1, 0.15) is 5.82 Å². The van der Waals surface area contributed by atoms with E-state index < -0.39 is 23.7 Å². The number of carboxylic acids is 1. The summed E-state index contributed by atoms with van der Waals surface area (Å²) < 4.78 is 18.2. The molecule has 20 heavy (non-hydrogen) atoms. The highest BCUT2D eigenvalue weighted by Crippen LogP contribution is 2.27. The van der Waals surface area contributed by atoms with Crippen molar-refractivity contribution in [3.63, 3.8) is 0 Å². The highest BCUT2D eigenvalue weighted by molar-refractivity contribution is 5.99. The van der Waals surface area contributed by atoms with E-state index in [-0.39, 0.29) is 30.1 Å². The first kappa shape index (κ1) is 14.0. The summed E-state index contributed by atoms with van der Waals surface area (Å²) in [5.41, 5.74) is -0.0124. The fraction of sp³-hybridized carbons (Fsp3) is 0.308. The first-order chi connectivity index (χ1) is 9.43. The standard InChI is InChI=1S/C13H12FNO5/c1-20-13(19)9-3-2-8(5-10(9)14)15-6-7(12(17)18)4-11(15)16/h2-3,5,7H,4,6H2,1H3,(H,17,18). The molecule has 1 aliphatic rings. The topological polar surface area (TPSA) is 83.9 Å². The van der Waals surface area contributed by atoms with E-state index in [1.54, 1.807) is 0 Å². The second-order valence-electron chi connectivity index (χ2n) is 4.40. The lowest BCUT2D eigenvalue weighted by Gasteiger charge is -2.16. The van der Waals surface area contributed by atoms with Gasteiger partial charge >= 0.3 is 11.9 Å². The van der Waals surface area contributed by atoms with Crippen molar-refractivity contribution in [2.75, 3.05) is 18.6 Å². The number of esters is 1. The minimum absolute atomic E-state index is 0.00875. The van der Waals surface area contributed by atoms with Crippen LogP contribution >= 0.6 is 0 Å². The van der Waals surface area contributed by atoms with Crippen LogP contribution < -0.4 is 4.90 Å². The maximum Gasteiger partial charge on any atom is 0.340 e. The zero-order valence-corrected chi connectivity index (χ0v) is 10.6. The quantitative estimate of drug-likeness (QED) is 0.837. The Morgan fingerprint density at radius 2 is 2.15 bits per heavy atom. The number of carbonyl (C=O) groups is 3. The lowest BCUT2D eigenvalue weighted by Crippen LogP contribution is -2.26. The summed E-state index contributed by atoms with van der Waals surface area (Å²) in [6, 6.07) is 3.61. The first-order valence-corrected chi connectivity index (χ1v) is 5.85. The fourth-order valence-electron chi connectivity index (χ4n) is 2.07. The zero-order valence-electron chi connectivity index (χ0n) is 10.6. The average Bonchev–Trinajstić information content (AvgIpc) is 2.80. The average molecular weight is 281 g/mol. The number of carboxylic acid groups (broad SMARTS) is 1. The Bertz CT molecular complexity index is 586. The van der Waals surface area contributed by atoms with E-state index in [1.165, 1.54) is 17.0 Å². The highest BCUT2D eigenvalue weighted by Gasteiger charge is 2.35. The molecule has 1 heterocycles. The SMILES string of the molecule is COC(=O)c1ccc(N2CC(C(=O)O)CC2=O)cc1F. The van der Waals surface area contributed by atoms with Crippen molar-refractivity contribution >= 4 is 23.5 Å². The van der Waals surface area contributed by atoms with Gasteiger partial charge in [0.2, 0.25) is 5.91 Å². The van der Waals surface area contributed by atoms with E-state index in [2.05, 4.69) is 4.74 Å². The Morgan fingerprint density at radius 1 is 1.45 bits per heavy atom. The van der Waals surface area contributed by atoms with Crippen molar-refractivity contribution in [3.8, 4) is 0 Å². The molecule has 1 unspecified atom stereocenters. The number of methoxy groups -OCH3 is 1. The van der Waals surface area contributed by atoms with Crippen LogP contribution in [0.2, 0.25) is 0 Å². The molecule has 1 atom stereocenters. The highest BCUT2D eigenvalue weighted by atomic mass is 19.1. The number of rotatable bonds is 3. The van der Waals surface area contributed by atoms with Crippen molar-refractivity contribution < 1.29 is 28.6 Å². The number of amides is 1. The van der Waals surface area contributed by atoms with Gasteiger partial charge in [-0.05, 0) is 18.2 Å². The predicted octanol–water partition coefficient (Wildman–Crippen LogP) is 1.05. The monoisotopic (exact) mass is 281 g/mol. The van der Waals surface area contributed by atoms with E-state index in [1.807, 2.05) is 0 Å². The summed E-state index contributed by atoms with van der Waals surface area (Å²) in [7, 11) is 1.14. The molecule has 1 aromatic rings. The third-order valence-corrected chi connectivity index (χ3v) is 3.14. The zero-order chi connectivity index (χ0) is 14.9. The Kier molecular flexibility index (Phi) is 3.69. The number of hydrogen-bond acceptors (Lipinski definition) is 4. The molecule has 1 fully saturated rings. The molecular formula is C13H12FNO5. The van der Waals surface area contributed by atoms with Crippen LogP contribution in [0.15, 0.2) is 18.2 Å². The van der Waals surface area contributed by atoms with Gasteiger partial charge in [0, 0.05) is 18.7 Å². The normalized spacial score (nSPS) is 18.2. The number of hydrogen-bond donors (Lipinski definition) is 1. The van der Waals surface area contributed by atoms with Crippen LogP contribution in [-0.4, -0.2) is 36.6 Å². The molecule has 0 aromatic heterocycles. The largest absolute Gasteiger partial charge is 0.481 e. The third-order valence-electron chi connectivity index (χ3n) is 3.14. The summed E-state index contributed by atoms with van der Waals surface area (Å²) in [6.07, 6.45) is -0.115. The molecule has 6 nitrogen and oxygen atoms in total. The van der Waals surface area contributed by atoms with Gasteiger partial charge in [-0.15, -0.1) is 0 Å². The number of halogens is 1. The smallest absolute Gasteiger partial charge is 0.340 e. The summed E-state index contributed by atoms with van der Waals surface area (Å²) in [6.45, 7) is -0.00875. The van der Waals surface area contributed by atoms with Gasteiger partial charge < -0.3 is 14.7 Å². The number of nitrogens with zero attached hydrogens (tertiary/aromatic N) is 1. The van der Waals surface area contributed by atoms with Crippen LogP contribution in [0.25, 0.3) is 0 Å². The molecule has 0 spiro atoms. The fourth-order valence-corrected chi connectivity index (χ4v) is 2.07. The first-order valence-electron chi connectivity index (χ1n) is 5.85. The molecule has 1 N–H and O–H groups in total. The van der Waals surface area contributed by atoms with Crippen LogP contribution in [0.4, 0.5) is 10.1 Å². The van der Waals surface area contributed by atoms with Crippen LogP contribution in [0.1, 0.15) is 16.8 Å². The molecule has 0 aliphatic carbocycles. The lowest BCUT2D eigenvalue weighted by atomic mass is 10.1. The number of anilines is 1. The summed E-state index contributed by atoms with van der Waals surface area (Å²) in [4.78, 5) is 35.0. The van der Waals surface area contributed by atoms with Crippen molar-refractivity contribution in [1.82, 2.24) is 0 Å². The van der Waals surface area contributed by atoms with E-state index in [9.17, 15) is 18.8 Å². The van der Waals surface area contributed by atoms with E-state index in [4.69, 9.17) is 5.11 Å². The van der Waals surface area contributed by atoms with Gasteiger partial charge in [-0.3, -0.25) is 9.59 Å². The molecule has 0 bridgehead atoms. The summed E-state index contributed by atoms with van der Waals surface area (Å²) in [5, 5.41) is 8.88. The maximum atomic E-state index is 13.8. The van der Waals surface area contributed by atoms with Crippen LogP contribution in [0.3, 0.4) is 0 Å². The van der Waals surface area contributed by atoms with Gasteiger partial charge in [-0.1, -0.05) is 0 Å². The molecule has 0 saturated carbocycles. The molecule has 1 saturated heterocycles. The predicted molar refractivity (Wildman–Crippen MR) is 65.8 cm³/mol. The number of benzene rings is 1. The second kappa shape index (κ2) is 5.28. The van der Waals surface area contributed by atoms with Gasteiger partial charge in [-0.2, -0.15) is 0 Å². The van der Waals surface area contributed by atoms with Crippen LogP contribution in [-0.2, 0) is 14.3 Å². The molecule has 106 valence electrons. The minimum atomic E-state index is -1.06. The Hall–Kier alpha value is -2.44. The lowest BCUT2D eigenvalue weighted by molar-refractivity contribution is -0.141. The van der Waals surface area contributed by atoms with E-state index >= 15 is 0 Å². The van der Waals surface area contributed by atoms with E-state index in [0.717, 1.165) is 13.2 Å². The van der Waals surface area contributed by atoms with Crippen LogP contribution in [0, 0.1) is 11.7 Å². The summed E-state index contributed by atoms with van der Waals surface area (Å²) in [5.74, 6) is -3.88. The van der Waals surface area contributed by atoms with Crippen molar-refractivity contribution in [2.24, 2.45) is 5.92 Å². The van der Waals surface area contributed by atoms with Gasteiger partial charge in [0.15, 0.2) is 0 Å². The van der Waals surface area contributed by atoms with Crippen molar-refractivity contribution in [1.29, 1.82) is 0 Å². The van der Waals surface area contributed by atoms with E-state index in [0.29, 0.717) is 0 Å². The third kappa shape index (κ3) is 2.47. The van der Waals surface area contributed by atoms with Crippen molar-refractivity contribution in [3.05, 3.63) is 29.6 Å². The number of aliphatic carboxylic acids is 1. The Labute approximate surface area is 113 Å². The molecule has 2 rings (SSSR count). The summed E-state index contributed by atoms with van der Waals surface area (Å²) >= 11 is 0. The Balaban J connectivity index is 2.26. The molecule has 1 aromatic carbocycles. The number of carbonyl (C=O) groups excluding carboxylic acids is 2. The molecule has 7 heteroatoms. The van der Waals surface area contributed by atoms with Gasteiger partial charge in [-0.25, -0.2) is 9.18 Å². The Morgan fingerprint density at radius 3 is 2.65 bits per heavy atom.